The predicted octanol–water partition coefficient (Wildman–Crippen LogP) is 4.66. The molecule has 1 atom stereocenters. The van der Waals surface area contributed by atoms with E-state index in [-0.39, 0.29) is 18.1 Å². The minimum Gasteiger partial charge on any atom is -0.462 e. The number of benzene rings is 1. The first kappa shape index (κ1) is 23.5. The second kappa shape index (κ2) is 9.81. The zero-order valence-electron chi connectivity index (χ0n) is 18.4. The van der Waals surface area contributed by atoms with Gasteiger partial charge >= 0.3 is 12.1 Å². The molecule has 1 fully saturated rings. The normalized spacial score (nSPS) is 17.7. The van der Waals surface area contributed by atoms with Gasteiger partial charge in [0.1, 0.15) is 5.60 Å². The quantitative estimate of drug-likeness (QED) is 0.643. The second-order valence-corrected chi connectivity index (χ2v) is 9.00. The second-order valence-electron chi connectivity index (χ2n) is 8.60. The SMILES string of the molecule is CCOC(=O)c1cc(C)c(CN2CCCC(N(C)C(=O)OC(C)(C)C)C2)c(Cl)c1. The van der Waals surface area contributed by atoms with Gasteiger partial charge in [0.15, 0.2) is 0 Å². The highest BCUT2D eigenvalue weighted by Crippen LogP contribution is 2.26. The highest BCUT2D eigenvalue weighted by Gasteiger charge is 2.29. The van der Waals surface area contributed by atoms with Crippen LogP contribution in [-0.2, 0) is 16.0 Å². The summed E-state index contributed by atoms with van der Waals surface area (Å²) in [4.78, 5) is 28.4. The lowest BCUT2D eigenvalue weighted by molar-refractivity contribution is 0.0129. The van der Waals surface area contributed by atoms with Gasteiger partial charge in [-0.3, -0.25) is 4.90 Å². The summed E-state index contributed by atoms with van der Waals surface area (Å²) in [6, 6.07) is 3.60. The van der Waals surface area contributed by atoms with Gasteiger partial charge in [0.05, 0.1) is 12.2 Å². The number of likely N-dealkylation sites (tertiary alicyclic amines) is 1. The maximum atomic E-state index is 12.4. The minimum absolute atomic E-state index is 0.0940. The number of carbonyl (C=O) groups excluding carboxylic acids is 2. The van der Waals surface area contributed by atoms with Crippen molar-refractivity contribution in [3.63, 3.8) is 0 Å². The third-order valence-electron chi connectivity index (χ3n) is 5.02. The molecule has 0 spiro atoms. The summed E-state index contributed by atoms with van der Waals surface area (Å²) in [5.74, 6) is -0.360. The summed E-state index contributed by atoms with van der Waals surface area (Å²) in [6.07, 6.45) is 1.65. The summed E-state index contributed by atoms with van der Waals surface area (Å²) in [7, 11) is 1.80. The summed E-state index contributed by atoms with van der Waals surface area (Å²) < 4.78 is 10.6. The summed E-state index contributed by atoms with van der Waals surface area (Å²) in [5, 5.41) is 0.565. The Hall–Kier alpha value is -1.79. The Morgan fingerprint density at radius 2 is 2.00 bits per heavy atom. The maximum Gasteiger partial charge on any atom is 0.410 e. The molecule has 0 saturated carbocycles. The summed E-state index contributed by atoms with van der Waals surface area (Å²) in [5.41, 5.74) is 1.92. The molecule has 1 aromatic carbocycles. The van der Waals surface area contributed by atoms with Gasteiger partial charge < -0.3 is 14.4 Å². The lowest BCUT2D eigenvalue weighted by Gasteiger charge is -2.38. The van der Waals surface area contributed by atoms with Gasteiger partial charge in [-0.2, -0.15) is 0 Å². The van der Waals surface area contributed by atoms with Crippen molar-refractivity contribution in [1.82, 2.24) is 9.80 Å². The number of aryl methyl sites for hydroxylation is 1. The van der Waals surface area contributed by atoms with Crippen LogP contribution in [0, 0.1) is 6.92 Å². The highest BCUT2D eigenvalue weighted by molar-refractivity contribution is 6.31. The van der Waals surface area contributed by atoms with E-state index in [2.05, 4.69) is 4.90 Å². The fraction of sp³-hybridized carbons (Fsp3) is 0.636. The van der Waals surface area contributed by atoms with Crippen LogP contribution in [0.2, 0.25) is 5.02 Å². The summed E-state index contributed by atoms with van der Waals surface area (Å²) in [6.45, 7) is 12.0. The van der Waals surface area contributed by atoms with E-state index in [4.69, 9.17) is 21.1 Å². The maximum absolute atomic E-state index is 12.4. The predicted molar refractivity (Wildman–Crippen MR) is 114 cm³/mol. The van der Waals surface area contributed by atoms with Crippen LogP contribution in [0.1, 0.15) is 62.0 Å². The third-order valence-corrected chi connectivity index (χ3v) is 5.36. The van der Waals surface area contributed by atoms with Crippen LogP contribution in [0.15, 0.2) is 12.1 Å². The molecule has 0 N–H and O–H groups in total. The van der Waals surface area contributed by atoms with Crippen molar-refractivity contribution in [2.24, 2.45) is 0 Å². The molecule has 1 amide bonds. The molecule has 0 aliphatic carbocycles. The van der Waals surface area contributed by atoms with E-state index in [0.717, 1.165) is 37.1 Å². The molecule has 6 nitrogen and oxygen atoms in total. The van der Waals surface area contributed by atoms with Gasteiger partial charge in [-0.25, -0.2) is 9.59 Å². The number of ether oxygens (including phenoxy) is 2. The first-order chi connectivity index (χ1) is 13.5. The Kier molecular flexibility index (Phi) is 7.94. The zero-order valence-corrected chi connectivity index (χ0v) is 19.1. The Morgan fingerprint density at radius 3 is 2.59 bits per heavy atom. The number of esters is 1. The van der Waals surface area contributed by atoms with Crippen LogP contribution < -0.4 is 0 Å². The molecule has 162 valence electrons. The van der Waals surface area contributed by atoms with Gasteiger partial charge in [0.25, 0.3) is 0 Å². The molecule has 1 aliphatic heterocycles. The van der Waals surface area contributed by atoms with E-state index < -0.39 is 5.60 Å². The van der Waals surface area contributed by atoms with Crippen LogP contribution in [0.5, 0.6) is 0 Å². The number of amides is 1. The summed E-state index contributed by atoms with van der Waals surface area (Å²) >= 11 is 6.50. The molecule has 1 saturated heterocycles. The van der Waals surface area contributed by atoms with Crippen LogP contribution in [0.4, 0.5) is 4.79 Å². The molecule has 0 aromatic heterocycles. The van der Waals surface area contributed by atoms with Gasteiger partial charge in [0, 0.05) is 31.2 Å². The van der Waals surface area contributed by atoms with Crippen LogP contribution in [0.25, 0.3) is 0 Å². The monoisotopic (exact) mass is 424 g/mol. The molecule has 1 aromatic rings. The van der Waals surface area contributed by atoms with Crippen LogP contribution in [0.3, 0.4) is 0 Å². The van der Waals surface area contributed by atoms with Crippen molar-refractivity contribution < 1.29 is 19.1 Å². The molecule has 29 heavy (non-hydrogen) atoms. The molecular weight excluding hydrogens is 392 g/mol. The Balaban J connectivity index is 2.07. The number of carbonyl (C=O) groups is 2. The van der Waals surface area contributed by atoms with Crippen molar-refractivity contribution >= 4 is 23.7 Å². The molecule has 1 heterocycles. The zero-order chi connectivity index (χ0) is 21.8. The molecule has 0 bridgehead atoms. The van der Waals surface area contributed by atoms with Crippen LogP contribution in [-0.4, -0.2) is 60.2 Å². The lowest BCUT2D eigenvalue weighted by Crippen LogP contribution is -2.49. The van der Waals surface area contributed by atoms with Gasteiger partial charge in [0.2, 0.25) is 0 Å². The fourth-order valence-corrected chi connectivity index (χ4v) is 3.83. The lowest BCUT2D eigenvalue weighted by atomic mass is 10.0. The van der Waals surface area contributed by atoms with Crippen molar-refractivity contribution in [2.45, 2.75) is 65.6 Å². The van der Waals surface area contributed by atoms with Gasteiger partial charge in [-0.05, 0) is 77.3 Å². The Morgan fingerprint density at radius 1 is 1.31 bits per heavy atom. The number of nitrogens with zero attached hydrogens (tertiary/aromatic N) is 2. The number of halogens is 1. The molecule has 1 aliphatic rings. The third kappa shape index (κ3) is 6.61. The highest BCUT2D eigenvalue weighted by atomic mass is 35.5. The van der Waals surface area contributed by atoms with Gasteiger partial charge in [-0.1, -0.05) is 11.6 Å². The fourth-order valence-electron chi connectivity index (χ4n) is 3.50. The number of hydrogen-bond acceptors (Lipinski definition) is 5. The van der Waals surface area contributed by atoms with Crippen molar-refractivity contribution in [3.8, 4) is 0 Å². The largest absolute Gasteiger partial charge is 0.462 e. The average Bonchev–Trinajstić information content (AvgIpc) is 2.63. The molecule has 2 rings (SSSR count). The molecule has 1 unspecified atom stereocenters. The average molecular weight is 425 g/mol. The van der Waals surface area contributed by atoms with Gasteiger partial charge in [-0.15, -0.1) is 0 Å². The topological polar surface area (TPSA) is 59.1 Å². The number of rotatable bonds is 5. The Bertz CT molecular complexity index is 722. The molecule has 0 radical (unpaired) electrons. The number of likely N-dealkylation sites (N-methyl/N-ethyl adjacent to an activating group) is 1. The first-order valence-electron chi connectivity index (χ1n) is 10.2. The van der Waals surface area contributed by atoms with Crippen molar-refractivity contribution in [2.75, 3.05) is 26.7 Å². The van der Waals surface area contributed by atoms with E-state index in [0.29, 0.717) is 23.7 Å². The first-order valence-corrected chi connectivity index (χ1v) is 10.5. The van der Waals surface area contributed by atoms with E-state index in [1.807, 2.05) is 33.8 Å². The van der Waals surface area contributed by atoms with E-state index in [1.165, 1.54) is 0 Å². The standard InChI is InChI=1S/C22H33ClN2O4/c1-7-28-20(26)16-11-15(2)18(19(23)12-16)14-25-10-8-9-17(13-25)24(6)21(27)29-22(3,4)5/h11-12,17H,7-10,13-14H2,1-6H3. The van der Waals surface area contributed by atoms with Crippen molar-refractivity contribution in [1.29, 1.82) is 0 Å². The molecule has 7 heteroatoms. The van der Waals surface area contributed by atoms with E-state index >= 15 is 0 Å². The Labute approximate surface area is 179 Å². The minimum atomic E-state index is -0.509. The smallest absolute Gasteiger partial charge is 0.410 e. The number of piperidine rings is 1. The van der Waals surface area contributed by atoms with Crippen LogP contribution >= 0.6 is 11.6 Å². The van der Waals surface area contributed by atoms with Crippen molar-refractivity contribution in [3.05, 3.63) is 33.8 Å². The van der Waals surface area contributed by atoms with E-state index in [1.54, 1.807) is 24.9 Å². The number of hydrogen-bond donors (Lipinski definition) is 0. The molecular formula is C22H33ClN2O4. The van der Waals surface area contributed by atoms with E-state index in [9.17, 15) is 9.59 Å².